The first kappa shape index (κ1) is 13.8. The third-order valence-corrected chi connectivity index (χ3v) is 3.59. The molecular weight excluding hydrogens is 208 g/mol. The van der Waals surface area contributed by atoms with E-state index in [1.54, 1.807) is 7.11 Å². The minimum Gasteiger partial charge on any atom is -0.496 e. The van der Waals surface area contributed by atoms with Crippen LogP contribution in [0.2, 0.25) is 0 Å². The molecule has 1 rings (SSSR count). The van der Waals surface area contributed by atoms with Crippen LogP contribution in [-0.4, -0.2) is 7.11 Å². The van der Waals surface area contributed by atoms with Crippen LogP contribution in [0, 0.1) is 13.8 Å². The van der Waals surface area contributed by atoms with E-state index in [4.69, 9.17) is 4.74 Å². The number of ether oxygens (including phenoxy) is 1. The van der Waals surface area contributed by atoms with Crippen LogP contribution in [0.25, 0.3) is 0 Å². The lowest BCUT2D eigenvalue weighted by Crippen LogP contribution is -2.02. The molecule has 0 aliphatic rings. The summed E-state index contributed by atoms with van der Waals surface area (Å²) in [5.41, 5.74) is 4.11. The van der Waals surface area contributed by atoms with Gasteiger partial charge < -0.3 is 4.74 Å². The zero-order chi connectivity index (χ0) is 12.8. The molecule has 1 heteroatoms. The number of benzene rings is 1. The molecule has 0 fully saturated rings. The van der Waals surface area contributed by atoms with E-state index in [0.717, 1.165) is 12.2 Å². The fourth-order valence-electron chi connectivity index (χ4n) is 2.29. The molecule has 0 amide bonds. The monoisotopic (exact) mass is 232 g/mol. The molecule has 1 aromatic rings. The van der Waals surface area contributed by atoms with E-state index < -0.39 is 0 Å². The number of hydrogen-bond acceptors (Lipinski definition) is 1. The van der Waals surface area contributed by atoms with Crippen LogP contribution in [0.3, 0.4) is 0 Å². The minimum absolute atomic E-state index is 0.621. The molecule has 0 heterocycles. The maximum Gasteiger partial charge on any atom is 0.122 e. The van der Waals surface area contributed by atoms with Crippen molar-refractivity contribution in [2.45, 2.75) is 46.5 Å². The van der Waals surface area contributed by atoms with Crippen molar-refractivity contribution in [1.29, 1.82) is 0 Å². The van der Waals surface area contributed by atoms with Crippen LogP contribution in [0.5, 0.6) is 5.75 Å². The van der Waals surface area contributed by atoms with Gasteiger partial charge in [0.2, 0.25) is 0 Å². The molecule has 0 radical (unpaired) electrons. The van der Waals surface area contributed by atoms with Crippen LogP contribution < -0.4 is 4.74 Å². The Morgan fingerprint density at radius 2 is 1.94 bits per heavy atom. The first-order valence-corrected chi connectivity index (χ1v) is 6.40. The highest BCUT2D eigenvalue weighted by Crippen LogP contribution is 2.32. The smallest absolute Gasteiger partial charge is 0.122 e. The van der Waals surface area contributed by atoms with Crippen molar-refractivity contribution in [1.82, 2.24) is 0 Å². The lowest BCUT2D eigenvalue weighted by atomic mass is 9.88. The van der Waals surface area contributed by atoms with Crippen LogP contribution in [-0.2, 0) is 0 Å². The Morgan fingerprint density at radius 3 is 2.47 bits per heavy atom. The molecule has 0 saturated carbocycles. The Kier molecular flexibility index (Phi) is 5.27. The van der Waals surface area contributed by atoms with E-state index in [-0.39, 0.29) is 0 Å². The van der Waals surface area contributed by atoms with Crippen molar-refractivity contribution in [2.75, 3.05) is 7.11 Å². The Bertz CT molecular complexity index is 391. The molecular formula is C16H24O. The van der Waals surface area contributed by atoms with Gasteiger partial charge in [0, 0.05) is 0 Å². The normalized spacial score (nSPS) is 13.0. The van der Waals surface area contributed by atoms with Crippen LogP contribution >= 0.6 is 0 Å². The Labute approximate surface area is 106 Å². The average Bonchev–Trinajstić information content (AvgIpc) is 2.35. The van der Waals surface area contributed by atoms with E-state index in [1.165, 1.54) is 23.1 Å². The Hall–Kier alpha value is -1.24. The molecule has 1 nitrogen and oxygen atoms in total. The second-order valence-electron chi connectivity index (χ2n) is 4.52. The molecule has 0 bridgehead atoms. The molecule has 0 spiro atoms. The standard InChI is InChI=1S/C16H24O/c1-6-8-9-14(7-2)15-10-11-16(17-5)13(4)12(15)3/h6,8,10-11,14H,7,9H2,1-5H3/b8-6-. The summed E-state index contributed by atoms with van der Waals surface area (Å²) in [6.45, 7) is 8.68. The zero-order valence-corrected chi connectivity index (χ0v) is 11.7. The van der Waals surface area contributed by atoms with Gasteiger partial charge in [0.15, 0.2) is 0 Å². The maximum absolute atomic E-state index is 5.36. The van der Waals surface area contributed by atoms with Gasteiger partial charge in [-0.1, -0.05) is 25.1 Å². The molecule has 1 aromatic carbocycles. The van der Waals surface area contributed by atoms with Gasteiger partial charge in [-0.25, -0.2) is 0 Å². The van der Waals surface area contributed by atoms with Gasteiger partial charge in [-0.2, -0.15) is 0 Å². The summed E-state index contributed by atoms with van der Waals surface area (Å²) in [6, 6.07) is 4.31. The highest BCUT2D eigenvalue weighted by Gasteiger charge is 2.13. The third-order valence-electron chi connectivity index (χ3n) is 3.59. The number of allylic oxidation sites excluding steroid dienone is 2. The molecule has 0 saturated heterocycles. The average molecular weight is 232 g/mol. The van der Waals surface area contributed by atoms with Gasteiger partial charge >= 0.3 is 0 Å². The van der Waals surface area contributed by atoms with Crippen molar-refractivity contribution in [2.24, 2.45) is 0 Å². The number of rotatable bonds is 5. The third kappa shape index (κ3) is 3.12. The fourth-order valence-corrected chi connectivity index (χ4v) is 2.29. The van der Waals surface area contributed by atoms with E-state index >= 15 is 0 Å². The molecule has 0 aliphatic heterocycles. The second-order valence-corrected chi connectivity index (χ2v) is 4.52. The lowest BCUT2D eigenvalue weighted by molar-refractivity contribution is 0.411. The molecule has 0 aliphatic carbocycles. The van der Waals surface area contributed by atoms with Crippen LogP contribution in [0.1, 0.15) is 49.3 Å². The van der Waals surface area contributed by atoms with E-state index in [0.29, 0.717) is 5.92 Å². The molecule has 1 atom stereocenters. The highest BCUT2D eigenvalue weighted by atomic mass is 16.5. The topological polar surface area (TPSA) is 9.23 Å². The van der Waals surface area contributed by atoms with Crippen molar-refractivity contribution in [3.8, 4) is 5.75 Å². The highest BCUT2D eigenvalue weighted by molar-refractivity contribution is 5.45. The van der Waals surface area contributed by atoms with Gasteiger partial charge in [0.05, 0.1) is 7.11 Å². The summed E-state index contributed by atoms with van der Waals surface area (Å²) >= 11 is 0. The van der Waals surface area contributed by atoms with E-state index in [1.807, 2.05) is 0 Å². The SMILES string of the molecule is C/C=C\CC(CC)c1ccc(OC)c(C)c1C. The van der Waals surface area contributed by atoms with E-state index in [9.17, 15) is 0 Å². The van der Waals surface area contributed by atoms with Gasteiger partial charge in [-0.05, 0) is 62.3 Å². The first-order valence-electron chi connectivity index (χ1n) is 6.40. The summed E-state index contributed by atoms with van der Waals surface area (Å²) in [6.07, 6.45) is 6.69. The largest absolute Gasteiger partial charge is 0.496 e. The van der Waals surface area contributed by atoms with Gasteiger partial charge in [-0.15, -0.1) is 0 Å². The summed E-state index contributed by atoms with van der Waals surface area (Å²) in [5.74, 6) is 1.61. The number of methoxy groups -OCH3 is 1. The Balaban J connectivity index is 3.08. The summed E-state index contributed by atoms with van der Waals surface area (Å²) in [7, 11) is 1.73. The van der Waals surface area contributed by atoms with E-state index in [2.05, 4.69) is 52.0 Å². The fraction of sp³-hybridized carbons (Fsp3) is 0.500. The second kappa shape index (κ2) is 6.48. The quantitative estimate of drug-likeness (QED) is 0.664. The molecule has 94 valence electrons. The van der Waals surface area contributed by atoms with Crippen LogP contribution in [0.4, 0.5) is 0 Å². The van der Waals surface area contributed by atoms with Crippen molar-refractivity contribution in [3.63, 3.8) is 0 Å². The van der Waals surface area contributed by atoms with Crippen molar-refractivity contribution in [3.05, 3.63) is 41.0 Å². The van der Waals surface area contributed by atoms with Gasteiger partial charge in [0.25, 0.3) is 0 Å². The van der Waals surface area contributed by atoms with Gasteiger partial charge in [0.1, 0.15) is 5.75 Å². The van der Waals surface area contributed by atoms with Crippen LogP contribution in [0.15, 0.2) is 24.3 Å². The molecule has 0 aromatic heterocycles. The van der Waals surface area contributed by atoms with Crippen molar-refractivity contribution < 1.29 is 4.74 Å². The number of hydrogen-bond donors (Lipinski definition) is 0. The lowest BCUT2D eigenvalue weighted by Gasteiger charge is -2.19. The summed E-state index contributed by atoms with van der Waals surface area (Å²) in [4.78, 5) is 0. The predicted octanol–water partition coefficient (Wildman–Crippen LogP) is 4.77. The van der Waals surface area contributed by atoms with Gasteiger partial charge in [-0.3, -0.25) is 0 Å². The van der Waals surface area contributed by atoms with Crippen molar-refractivity contribution >= 4 is 0 Å². The summed E-state index contributed by atoms with van der Waals surface area (Å²) < 4.78 is 5.36. The first-order chi connectivity index (χ1) is 8.15. The zero-order valence-electron chi connectivity index (χ0n) is 11.7. The Morgan fingerprint density at radius 1 is 1.24 bits per heavy atom. The molecule has 1 unspecified atom stereocenters. The predicted molar refractivity (Wildman–Crippen MR) is 74.9 cm³/mol. The molecule has 17 heavy (non-hydrogen) atoms. The maximum atomic E-state index is 5.36. The summed E-state index contributed by atoms with van der Waals surface area (Å²) in [5, 5.41) is 0. The molecule has 0 N–H and O–H groups in total. The minimum atomic E-state index is 0.621.